The number of anilines is 1. The number of hydrogen-bond acceptors (Lipinski definition) is 8. The number of amides is 1. The van der Waals surface area contributed by atoms with E-state index in [1.807, 2.05) is 0 Å². The molecule has 2 rings (SSSR count). The number of nitro groups is 1. The smallest absolute Gasteiger partial charge is 0.454 e. The van der Waals surface area contributed by atoms with Gasteiger partial charge in [0.15, 0.2) is 6.10 Å². The van der Waals surface area contributed by atoms with Crippen molar-refractivity contribution in [3.8, 4) is 5.75 Å². The highest BCUT2D eigenvalue weighted by molar-refractivity contribution is 5.96. The van der Waals surface area contributed by atoms with E-state index in [9.17, 15) is 37.7 Å². The number of esters is 1. The number of hydrogen-bond donors (Lipinski definition) is 1. The zero-order valence-corrected chi connectivity index (χ0v) is 17.8. The predicted molar refractivity (Wildman–Crippen MR) is 108 cm³/mol. The number of carbonyl (C=O) groups excluding carboxylic acids is 3. The van der Waals surface area contributed by atoms with E-state index in [1.54, 1.807) is 0 Å². The Labute approximate surface area is 186 Å². The third-order valence-electron chi connectivity index (χ3n) is 4.89. The van der Waals surface area contributed by atoms with Gasteiger partial charge in [-0.05, 0) is 25.8 Å². The molecule has 0 radical (unpaired) electrons. The van der Waals surface area contributed by atoms with E-state index in [4.69, 9.17) is 9.47 Å². The van der Waals surface area contributed by atoms with Crippen LogP contribution in [-0.4, -0.2) is 60.0 Å². The molecule has 0 aliphatic carbocycles. The van der Waals surface area contributed by atoms with Crippen LogP contribution in [-0.2, 0) is 19.1 Å². The lowest BCUT2D eigenvalue weighted by Crippen LogP contribution is -2.37. The Kier molecular flexibility index (Phi) is 8.38. The van der Waals surface area contributed by atoms with Gasteiger partial charge in [-0.2, -0.15) is 13.2 Å². The number of carbonyl (C=O) groups is 3. The van der Waals surface area contributed by atoms with E-state index < -0.39 is 40.8 Å². The molecule has 1 fully saturated rings. The van der Waals surface area contributed by atoms with Gasteiger partial charge in [-0.3, -0.25) is 24.5 Å². The van der Waals surface area contributed by atoms with Crippen molar-refractivity contribution in [2.45, 2.75) is 32.0 Å². The summed E-state index contributed by atoms with van der Waals surface area (Å²) in [6.07, 6.45) is -4.16. The van der Waals surface area contributed by atoms with Gasteiger partial charge in [0.25, 0.3) is 17.4 Å². The number of piperidine rings is 1. The van der Waals surface area contributed by atoms with Crippen LogP contribution in [0.1, 0.15) is 19.8 Å². The van der Waals surface area contributed by atoms with Crippen molar-refractivity contribution < 1.29 is 42.0 Å². The fourth-order valence-electron chi connectivity index (χ4n) is 3.02. The van der Waals surface area contributed by atoms with E-state index >= 15 is 0 Å². The van der Waals surface area contributed by atoms with Gasteiger partial charge in [-0.1, -0.05) is 0 Å². The van der Waals surface area contributed by atoms with Crippen molar-refractivity contribution in [1.29, 1.82) is 0 Å². The highest BCUT2D eigenvalue weighted by Crippen LogP contribution is 2.29. The van der Waals surface area contributed by atoms with Crippen LogP contribution in [0.5, 0.6) is 5.75 Å². The number of nitrogens with zero attached hydrogens (tertiary/aromatic N) is 2. The lowest BCUT2D eigenvalue weighted by molar-refractivity contribution is -0.384. The maximum atomic E-state index is 12.4. The second-order valence-electron chi connectivity index (χ2n) is 7.20. The standard InChI is InChI=1S/C20H22F3N3O7/c1-12(18(28)24-15-11-14(26(30)31)3-4-16(15)32-2)33-19(29)13-5-8-25(9-6-13)10-7-17(27)20(21,22)23/h3-4,7,10-13H,5-6,8-9H2,1-2H3,(H,24,28). The van der Waals surface area contributed by atoms with Crippen LogP contribution in [0.3, 0.4) is 0 Å². The molecule has 0 bridgehead atoms. The first-order chi connectivity index (χ1) is 15.4. The van der Waals surface area contributed by atoms with Gasteiger partial charge in [0.2, 0.25) is 0 Å². The first kappa shape index (κ1) is 25.6. The maximum absolute atomic E-state index is 12.4. The van der Waals surface area contributed by atoms with Crippen molar-refractivity contribution in [2.75, 3.05) is 25.5 Å². The van der Waals surface area contributed by atoms with E-state index in [1.165, 1.54) is 31.1 Å². The molecule has 10 nitrogen and oxygen atoms in total. The Bertz CT molecular complexity index is 941. The van der Waals surface area contributed by atoms with Crippen molar-refractivity contribution in [3.05, 3.63) is 40.6 Å². The third kappa shape index (κ3) is 7.19. The van der Waals surface area contributed by atoms with Gasteiger partial charge in [0.1, 0.15) is 5.75 Å². The molecule has 1 atom stereocenters. The van der Waals surface area contributed by atoms with Crippen molar-refractivity contribution in [1.82, 2.24) is 4.90 Å². The summed E-state index contributed by atoms with van der Waals surface area (Å²) < 4.78 is 47.0. The number of nitrogens with one attached hydrogen (secondary N) is 1. The summed E-state index contributed by atoms with van der Waals surface area (Å²) in [5.74, 6) is -3.75. The number of likely N-dealkylation sites (tertiary alicyclic amines) is 1. The molecule has 0 spiro atoms. The molecule has 13 heteroatoms. The average Bonchev–Trinajstić information content (AvgIpc) is 2.76. The minimum Gasteiger partial charge on any atom is -0.495 e. The molecule has 1 aromatic rings. The number of alkyl halides is 3. The average molecular weight is 473 g/mol. The summed E-state index contributed by atoms with van der Waals surface area (Å²) in [5, 5.41) is 13.4. The lowest BCUT2D eigenvalue weighted by atomic mass is 9.97. The number of ketones is 1. The van der Waals surface area contributed by atoms with Crippen molar-refractivity contribution in [2.24, 2.45) is 5.92 Å². The fourth-order valence-corrected chi connectivity index (χ4v) is 3.02. The van der Waals surface area contributed by atoms with Gasteiger partial charge in [-0.15, -0.1) is 0 Å². The van der Waals surface area contributed by atoms with Gasteiger partial charge >= 0.3 is 12.1 Å². The minimum absolute atomic E-state index is 0.0353. The number of methoxy groups -OCH3 is 1. The molecule has 180 valence electrons. The van der Waals surface area contributed by atoms with E-state index in [-0.39, 0.29) is 43.1 Å². The van der Waals surface area contributed by atoms with Gasteiger partial charge in [0.05, 0.1) is 23.6 Å². The Morgan fingerprint density at radius 3 is 2.45 bits per heavy atom. The fraction of sp³-hybridized carbons (Fsp3) is 0.450. The molecular formula is C20H22F3N3O7. The highest BCUT2D eigenvalue weighted by Gasteiger charge is 2.36. The van der Waals surface area contributed by atoms with Crippen LogP contribution in [0.15, 0.2) is 30.5 Å². The summed E-state index contributed by atoms with van der Waals surface area (Å²) in [7, 11) is 1.32. The summed E-state index contributed by atoms with van der Waals surface area (Å²) in [6.45, 7) is 1.79. The maximum Gasteiger partial charge on any atom is 0.454 e. The van der Waals surface area contributed by atoms with Crippen LogP contribution >= 0.6 is 0 Å². The number of rotatable bonds is 8. The molecule has 1 aliphatic heterocycles. The molecule has 1 aliphatic rings. The molecule has 33 heavy (non-hydrogen) atoms. The van der Waals surface area contributed by atoms with E-state index in [0.29, 0.717) is 6.08 Å². The van der Waals surface area contributed by atoms with Crippen molar-refractivity contribution >= 4 is 29.0 Å². The molecule has 1 unspecified atom stereocenters. The van der Waals surface area contributed by atoms with Gasteiger partial charge < -0.3 is 19.7 Å². The molecule has 1 saturated heterocycles. The van der Waals surface area contributed by atoms with Crippen LogP contribution in [0.2, 0.25) is 0 Å². The zero-order valence-electron chi connectivity index (χ0n) is 17.8. The molecule has 1 amide bonds. The van der Waals surface area contributed by atoms with Gasteiger partial charge in [0, 0.05) is 37.5 Å². The van der Waals surface area contributed by atoms with Crippen LogP contribution < -0.4 is 10.1 Å². The second-order valence-corrected chi connectivity index (χ2v) is 7.20. The summed E-state index contributed by atoms with van der Waals surface area (Å²) in [5.41, 5.74) is -0.235. The van der Waals surface area contributed by atoms with Crippen LogP contribution in [0.25, 0.3) is 0 Å². The second kappa shape index (κ2) is 10.8. The Morgan fingerprint density at radius 2 is 1.91 bits per heavy atom. The third-order valence-corrected chi connectivity index (χ3v) is 4.89. The Balaban J connectivity index is 1.89. The summed E-state index contributed by atoms with van der Waals surface area (Å²) in [6, 6.07) is 3.63. The molecule has 0 aromatic heterocycles. The Hall–Kier alpha value is -3.64. The number of allylic oxidation sites excluding steroid dienone is 1. The summed E-state index contributed by atoms with van der Waals surface area (Å²) in [4.78, 5) is 47.5. The Morgan fingerprint density at radius 1 is 1.27 bits per heavy atom. The van der Waals surface area contributed by atoms with E-state index in [0.717, 1.165) is 12.3 Å². The number of benzene rings is 1. The lowest BCUT2D eigenvalue weighted by Gasteiger charge is -2.30. The number of ether oxygens (including phenoxy) is 2. The molecular weight excluding hydrogens is 451 g/mol. The van der Waals surface area contributed by atoms with Crippen LogP contribution in [0, 0.1) is 16.0 Å². The van der Waals surface area contributed by atoms with E-state index in [2.05, 4.69) is 5.32 Å². The first-order valence-corrected chi connectivity index (χ1v) is 9.79. The normalized spacial score (nSPS) is 15.7. The number of non-ortho nitro benzene ring substituents is 1. The topological polar surface area (TPSA) is 128 Å². The van der Waals surface area contributed by atoms with Gasteiger partial charge in [-0.25, -0.2) is 0 Å². The first-order valence-electron chi connectivity index (χ1n) is 9.79. The molecule has 1 heterocycles. The quantitative estimate of drug-likeness (QED) is 0.264. The SMILES string of the molecule is COc1ccc([N+](=O)[O-])cc1NC(=O)C(C)OC(=O)C1CCN(C=CC(=O)C(F)(F)F)CC1. The number of nitro benzene ring substituents is 1. The minimum atomic E-state index is -4.94. The molecule has 0 saturated carbocycles. The molecule has 1 N–H and O–H groups in total. The predicted octanol–water partition coefficient (Wildman–Crippen LogP) is 2.83. The monoisotopic (exact) mass is 473 g/mol. The van der Waals surface area contributed by atoms with Crippen molar-refractivity contribution in [3.63, 3.8) is 0 Å². The van der Waals surface area contributed by atoms with Crippen LogP contribution in [0.4, 0.5) is 24.5 Å². The zero-order chi connectivity index (χ0) is 24.8. The highest BCUT2D eigenvalue weighted by atomic mass is 19.4. The number of halogens is 3. The largest absolute Gasteiger partial charge is 0.495 e. The molecule has 1 aromatic carbocycles. The summed E-state index contributed by atoms with van der Waals surface area (Å²) >= 11 is 0.